The van der Waals surface area contributed by atoms with Crippen LogP contribution >= 0.6 is 23.2 Å². The summed E-state index contributed by atoms with van der Waals surface area (Å²) < 4.78 is 42.2. The fourth-order valence-corrected chi connectivity index (χ4v) is 6.00. The third kappa shape index (κ3) is 7.96. The molecule has 0 saturated carbocycles. The number of benzene rings is 3. The Morgan fingerprint density at radius 3 is 2.27 bits per heavy atom. The molecule has 2 amide bonds. The minimum atomic E-state index is -4.28. The average Bonchev–Trinajstić information content (AvgIpc) is 2.94. The number of carbonyl (C=O) groups is 2. The molecule has 0 aliphatic carbocycles. The normalized spacial score (nSPS) is 12.0. The SMILES string of the molecule is CCCCNC(=O)[C@H](CC)N(Cc1ccc(F)cc1)C(=O)CN(c1cc(Cl)ccc1Cl)S(=O)(=O)c1ccccc1. The number of sulfonamides is 1. The zero-order valence-corrected chi connectivity index (χ0v) is 24.6. The number of nitrogens with one attached hydrogen (secondary N) is 1. The standard InChI is InChI=1S/C29H32Cl2FN3O4S/c1-3-5-17-33-29(37)26(4-2)34(19-21-11-14-23(32)15-12-21)28(36)20-35(27-18-22(30)13-16-25(27)31)40(38,39)24-9-7-6-8-10-24/h6-16,18,26H,3-5,17,19-20H2,1-2H3,(H,33,37)/t26-/m0/s1. The topological polar surface area (TPSA) is 86.8 Å². The van der Waals surface area contributed by atoms with E-state index < -0.39 is 34.3 Å². The van der Waals surface area contributed by atoms with Crippen LogP contribution in [-0.4, -0.2) is 44.3 Å². The number of nitrogens with zero attached hydrogens (tertiary/aromatic N) is 2. The number of halogens is 3. The van der Waals surface area contributed by atoms with Crippen LogP contribution in [0.15, 0.2) is 77.7 Å². The molecular formula is C29H32Cl2FN3O4S. The summed E-state index contributed by atoms with van der Waals surface area (Å²) in [5.74, 6) is -1.44. The summed E-state index contributed by atoms with van der Waals surface area (Å²) >= 11 is 12.6. The van der Waals surface area contributed by atoms with E-state index in [1.807, 2.05) is 6.92 Å². The average molecular weight is 609 g/mol. The quantitative estimate of drug-likeness (QED) is 0.240. The van der Waals surface area contributed by atoms with E-state index in [4.69, 9.17) is 23.2 Å². The lowest BCUT2D eigenvalue weighted by Gasteiger charge is -2.33. The summed E-state index contributed by atoms with van der Waals surface area (Å²) in [5, 5.41) is 3.16. The van der Waals surface area contributed by atoms with Crippen molar-refractivity contribution in [1.82, 2.24) is 10.2 Å². The van der Waals surface area contributed by atoms with Crippen LogP contribution in [0.25, 0.3) is 0 Å². The maximum absolute atomic E-state index is 14.0. The van der Waals surface area contributed by atoms with Crippen molar-refractivity contribution >= 4 is 50.7 Å². The van der Waals surface area contributed by atoms with E-state index in [2.05, 4.69) is 5.32 Å². The first kappa shape index (κ1) is 31.4. The Balaban J connectivity index is 2.06. The molecule has 0 aromatic heterocycles. The number of rotatable bonds is 13. The summed E-state index contributed by atoms with van der Waals surface area (Å²) in [5.41, 5.74) is 0.598. The van der Waals surface area contributed by atoms with Crippen LogP contribution in [0.4, 0.5) is 10.1 Å². The molecule has 0 spiro atoms. The monoisotopic (exact) mass is 607 g/mol. The van der Waals surface area contributed by atoms with Crippen LogP contribution in [0, 0.1) is 5.82 Å². The minimum absolute atomic E-state index is 0.0218. The van der Waals surface area contributed by atoms with Gasteiger partial charge in [0, 0.05) is 18.1 Å². The lowest BCUT2D eigenvalue weighted by molar-refractivity contribution is -0.140. The zero-order valence-electron chi connectivity index (χ0n) is 22.3. The van der Waals surface area contributed by atoms with Gasteiger partial charge in [-0.2, -0.15) is 0 Å². The number of amides is 2. The maximum atomic E-state index is 14.0. The molecule has 7 nitrogen and oxygen atoms in total. The third-order valence-corrected chi connectivity index (χ3v) is 8.60. The number of hydrogen-bond donors (Lipinski definition) is 1. The fourth-order valence-electron chi connectivity index (χ4n) is 4.12. The number of anilines is 1. The van der Waals surface area contributed by atoms with Crippen LogP contribution in [-0.2, 0) is 26.2 Å². The van der Waals surface area contributed by atoms with Crippen LogP contribution in [0.2, 0.25) is 10.0 Å². The van der Waals surface area contributed by atoms with Crippen molar-refractivity contribution in [3.63, 3.8) is 0 Å². The summed E-state index contributed by atoms with van der Waals surface area (Å²) in [4.78, 5) is 28.4. The molecule has 0 bridgehead atoms. The van der Waals surface area contributed by atoms with Gasteiger partial charge in [0.25, 0.3) is 10.0 Å². The molecule has 0 unspecified atom stereocenters. The Bertz CT molecular complexity index is 1410. The maximum Gasteiger partial charge on any atom is 0.264 e. The van der Waals surface area contributed by atoms with Crippen LogP contribution in [0.3, 0.4) is 0 Å². The van der Waals surface area contributed by atoms with Gasteiger partial charge < -0.3 is 10.2 Å². The fraction of sp³-hybridized carbons (Fsp3) is 0.310. The van der Waals surface area contributed by atoms with Crippen LogP contribution < -0.4 is 9.62 Å². The molecule has 0 aliphatic heterocycles. The molecule has 11 heteroatoms. The molecular weight excluding hydrogens is 576 g/mol. The minimum Gasteiger partial charge on any atom is -0.354 e. The number of unbranched alkanes of at least 4 members (excludes halogenated alkanes) is 1. The van der Waals surface area contributed by atoms with Gasteiger partial charge in [-0.3, -0.25) is 13.9 Å². The Labute approximate surface area is 244 Å². The molecule has 0 heterocycles. The predicted molar refractivity (Wildman–Crippen MR) is 156 cm³/mol. The van der Waals surface area contributed by atoms with Crippen molar-refractivity contribution in [2.45, 2.75) is 50.6 Å². The number of hydrogen-bond acceptors (Lipinski definition) is 4. The van der Waals surface area contributed by atoms with E-state index in [1.54, 1.807) is 25.1 Å². The summed E-state index contributed by atoms with van der Waals surface area (Å²) in [6, 6.07) is 16.6. The lowest BCUT2D eigenvalue weighted by Crippen LogP contribution is -2.52. The van der Waals surface area contributed by atoms with Gasteiger partial charge in [0.05, 0.1) is 15.6 Å². The lowest BCUT2D eigenvalue weighted by atomic mass is 10.1. The van der Waals surface area contributed by atoms with E-state index in [9.17, 15) is 22.4 Å². The van der Waals surface area contributed by atoms with Gasteiger partial charge in [-0.05, 0) is 60.9 Å². The molecule has 3 aromatic rings. The van der Waals surface area contributed by atoms with Gasteiger partial charge >= 0.3 is 0 Å². The molecule has 0 aliphatic rings. The van der Waals surface area contributed by atoms with Gasteiger partial charge in [0.2, 0.25) is 11.8 Å². The molecule has 3 rings (SSSR count). The summed E-state index contributed by atoms with van der Waals surface area (Å²) in [6.45, 7) is 3.51. The van der Waals surface area contributed by atoms with Gasteiger partial charge in [-0.25, -0.2) is 12.8 Å². The van der Waals surface area contributed by atoms with Gasteiger partial charge in [0.1, 0.15) is 18.4 Å². The van der Waals surface area contributed by atoms with Gasteiger partial charge in [-0.15, -0.1) is 0 Å². The van der Waals surface area contributed by atoms with Crippen molar-refractivity contribution in [2.24, 2.45) is 0 Å². The first-order valence-electron chi connectivity index (χ1n) is 12.9. The Morgan fingerprint density at radius 2 is 1.65 bits per heavy atom. The highest BCUT2D eigenvalue weighted by atomic mass is 35.5. The second-order valence-electron chi connectivity index (χ2n) is 9.14. The molecule has 0 saturated heterocycles. The number of carbonyl (C=O) groups excluding carboxylic acids is 2. The molecule has 0 radical (unpaired) electrons. The van der Waals surface area contributed by atoms with Gasteiger partial charge in [0.15, 0.2) is 0 Å². The second-order valence-corrected chi connectivity index (χ2v) is 11.8. The van der Waals surface area contributed by atoms with E-state index in [0.717, 1.165) is 17.1 Å². The summed E-state index contributed by atoms with van der Waals surface area (Å²) in [6.07, 6.45) is 1.92. The van der Waals surface area contributed by atoms with Crippen molar-refractivity contribution in [3.05, 3.63) is 94.2 Å². The highest BCUT2D eigenvalue weighted by molar-refractivity contribution is 7.92. The van der Waals surface area contributed by atoms with Crippen LogP contribution in [0.1, 0.15) is 38.7 Å². The molecule has 0 fully saturated rings. The largest absolute Gasteiger partial charge is 0.354 e. The first-order chi connectivity index (χ1) is 19.1. The van der Waals surface area contributed by atoms with Crippen molar-refractivity contribution in [3.8, 4) is 0 Å². The highest BCUT2D eigenvalue weighted by Gasteiger charge is 2.34. The summed E-state index contributed by atoms with van der Waals surface area (Å²) in [7, 11) is -4.28. The smallest absolute Gasteiger partial charge is 0.264 e. The highest BCUT2D eigenvalue weighted by Crippen LogP contribution is 2.33. The van der Waals surface area contributed by atoms with Crippen molar-refractivity contribution in [1.29, 1.82) is 0 Å². The van der Waals surface area contributed by atoms with E-state index in [-0.39, 0.29) is 39.5 Å². The molecule has 1 atom stereocenters. The first-order valence-corrected chi connectivity index (χ1v) is 15.1. The molecule has 3 aromatic carbocycles. The van der Waals surface area contributed by atoms with Crippen LogP contribution in [0.5, 0.6) is 0 Å². The Kier molecular flexibility index (Phi) is 11.4. The Morgan fingerprint density at radius 1 is 0.975 bits per heavy atom. The molecule has 40 heavy (non-hydrogen) atoms. The molecule has 214 valence electrons. The Hall–Kier alpha value is -3.14. The molecule has 1 N–H and O–H groups in total. The van der Waals surface area contributed by atoms with Crippen molar-refractivity contribution in [2.75, 3.05) is 17.4 Å². The zero-order chi connectivity index (χ0) is 29.3. The third-order valence-electron chi connectivity index (χ3n) is 6.27. The van der Waals surface area contributed by atoms with E-state index in [0.29, 0.717) is 12.1 Å². The van der Waals surface area contributed by atoms with E-state index in [1.165, 1.54) is 59.5 Å². The van der Waals surface area contributed by atoms with Gasteiger partial charge in [-0.1, -0.05) is 73.8 Å². The van der Waals surface area contributed by atoms with Crippen molar-refractivity contribution < 1.29 is 22.4 Å². The second kappa shape index (κ2) is 14.5. The predicted octanol–water partition coefficient (Wildman–Crippen LogP) is 6.05. The van der Waals surface area contributed by atoms with E-state index >= 15 is 0 Å².